The second kappa shape index (κ2) is 9.52. The summed E-state index contributed by atoms with van der Waals surface area (Å²) >= 11 is 0. The quantitative estimate of drug-likeness (QED) is 0.620. The average Bonchev–Trinajstić information content (AvgIpc) is 2.58. The van der Waals surface area contributed by atoms with Crippen molar-refractivity contribution in [3.8, 4) is 5.75 Å². The average molecular weight is 332 g/mol. The highest BCUT2D eigenvalue weighted by Gasteiger charge is 2.15. The molecule has 0 spiro atoms. The van der Waals surface area contributed by atoms with Gasteiger partial charge in [0.15, 0.2) is 5.96 Å². The number of hydrogen-bond acceptors (Lipinski definition) is 3. The first kappa shape index (κ1) is 18.6. The lowest BCUT2D eigenvalue weighted by molar-refractivity contribution is 0.187. The van der Waals surface area contributed by atoms with Crippen molar-refractivity contribution in [3.05, 3.63) is 29.3 Å². The Labute approximate surface area is 146 Å². The molecule has 5 nitrogen and oxygen atoms in total. The molecule has 0 bridgehead atoms. The summed E-state index contributed by atoms with van der Waals surface area (Å²) in [6.45, 7) is 9.53. The molecule has 2 N–H and O–H groups in total. The summed E-state index contributed by atoms with van der Waals surface area (Å²) < 4.78 is 5.46. The van der Waals surface area contributed by atoms with Crippen molar-refractivity contribution in [2.45, 2.75) is 33.2 Å². The van der Waals surface area contributed by atoms with E-state index in [1.165, 1.54) is 31.5 Å². The molecule has 2 rings (SSSR count). The van der Waals surface area contributed by atoms with E-state index < -0.39 is 0 Å². The first-order valence-corrected chi connectivity index (χ1v) is 8.92. The van der Waals surface area contributed by atoms with Crippen LogP contribution in [0.15, 0.2) is 23.2 Å². The molecule has 24 heavy (non-hydrogen) atoms. The number of guanidine groups is 1. The van der Waals surface area contributed by atoms with Crippen LogP contribution in [0.3, 0.4) is 0 Å². The fraction of sp³-hybridized carbons (Fsp3) is 0.632. The van der Waals surface area contributed by atoms with Gasteiger partial charge in [-0.2, -0.15) is 0 Å². The predicted octanol–water partition coefficient (Wildman–Crippen LogP) is 2.40. The van der Waals surface area contributed by atoms with E-state index in [2.05, 4.69) is 52.6 Å². The molecule has 1 aromatic carbocycles. The molecule has 0 aliphatic carbocycles. The van der Waals surface area contributed by atoms with E-state index in [1.807, 2.05) is 7.05 Å². The van der Waals surface area contributed by atoms with Gasteiger partial charge in [-0.25, -0.2) is 0 Å². The highest BCUT2D eigenvalue weighted by Crippen LogP contribution is 2.19. The van der Waals surface area contributed by atoms with Gasteiger partial charge in [-0.15, -0.1) is 0 Å². The summed E-state index contributed by atoms with van der Waals surface area (Å²) in [4.78, 5) is 6.85. The molecular formula is C19H32N4O. The number of aliphatic imine (C=N–C) groups is 1. The number of aryl methyl sites for hydroxylation is 1. The molecule has 0 radical (unpaired) electrons. The summed E-state index contributed by atoms with van der Waals surface area (Å²) in [5, 5.41) is 6.77. The third-order valence-corrected chi connectivity index (χ3v) is 4.57. The molecule has 1 heterocycles. The van der Waals surface area contributed by atoms with Gasteiger partial charge in [-0.05, 0) is 43.9 Å². The van der Waals surface area contributed by atoms with Gasteiger partial charge in [0.05, 0.1) is 7.11 Å². The highest BCUT2D eigenvalue weighted by molar-refractivity contribution is 5.79. The lowest BCUT2D eigenvalue weighted by Gasteiger charge is -2.30. The molecule has 1 unspecified atom stereocenters. The predicted molar refractivity (Wildman–Crippen MR) is 101 cm³/mol. The van der Waals surface area contributed by atoms with Crippen LogP contribution in [0, 0.1) is 12.8 Å². The van der Waals surface area contributed by atoms with Crippen molar-refractivity contribution < 1.29 is 4.74 Å². The normalized spacial score (nSPS) is 19.2. The van der Waals surface area contributed by atoms with E-state index in [-0.39, 0.29) is 0 Å². The number of nitrogens with zero attached hydrogens (tertiary/aromatic N) is 2. The highest BCUT2D eigenvalue weighted by atomic mass is 16.5. The van der Waals surface area contributed by atoms with E-state index in [0.717, 1.165) is 36.3 Å². The molecule has 0 amide bonds. The monoisotopic (exact) mass is 332 g/mol. The van der Waals surface area contributed by atoms with Crippen molar-refractivity contribution in [1.29, 1.82) is 0 Å². The van der Waals surface area contributed by atoms with E-state index in [4.69, 9.17) is 4.74 Å². The van der Waals surface area contributed by atoms with Crippen molar-refractivity contribution in [2.75, 3.05) is 40.3 Å². The molecule has 1 aliphatic rings. The smallest absolute Gasteiger partial charge is 0.191 e. The van der Waals surface area contributed by atoms with Crippen molar-refractivity contribution in [1.82, 2.24) is 15.5 Å². The molecule has 134 valence electrons. The zero-order chi connectivity index (χ0) is 17.4. The minimum Gasteiger partial charge on any atom is -0.496 e. The van der Waals surface area contributed by atoms with E-state index in [1.54, 1.807) is 7.11 Å². The molecule has 1 aromatic rings. The molecule has 1 fully saturated rings. The Balaban J connectivity index is 1.76. The van der Waals surface area contributed by atoms with Crippen molar-refractivity contribution in [3.63, 3.8) is 0 Å². The van der Waals surface area contributed by atoms with Gasteiger partial charge in [0.25, 0.3) is 0 Å². The number of piperidine rings is 1. The summed E-state index contributed by atoms with van der Waals surface area (Å²) in [7, 11) is 3.52. The van der Waals surface area contributed by atoms with Crippen LogP contribution in [0.2, 0.25) is 0 Å². The Hall–Kier alpha value is -1.75. The van der Waals surface area contributed by atoms with Gasteiger partial charge in [-0.1, -0.05) is 19.1 Å². The third kappa shape index (κ3) is 5.71. The van der Waals surface area contributed by atoms with E-state index in [9.17, 15) is 0 Å². The summed E-state index contributed by atoms with van der Waals surface area (Å²) in [5.74, 6) is 2.58. The van der Waals surface area contributed by atoms with Gasteiger partial charge in [-0.3, -0.25) is 4.99 Å². The summed E-state index contributed by atoms with van der Waals surface area (Å²) in [5.41, 5.74) is 2.34. The topological polar surface area (TPSA) is 48.9 Å². The van der Waals surface area contributed by atoms with Gasteiger partial charge < -0.3 is 20.3 Å². The maximum atomic E-state index is 5.46. The third-order valence-electron chi connectivity index (χ3n) is 4.57. The van der Waals surface area contributed by atoms with Crippen LogP contribution in [0.25, 0.3) is 0 Å². The molecule has 1 aliphatic heterocycles. The Morgan fingerprint density at radius 3 is 2.92 bits per heavy atom. The van der Waals surface area contributed by atoms with E-state index in [0.29, 0.717) is 6.54 Å². The molecule has 1 atom stereocenters. The van der Waals surface area contributed by atoms with Crippen LogP contribution in [-0.2, 0) is 6.54 Å². The zero-order valence-corrected chi connectivity index (χ0v) is 15.6. The number of benzene rings is 1. The first-order valence-electron chi connectivity index (χ1n) is 8.92. The summed E-state index contributed by atoms with van der Waals surface area (Å²) in [6, 6.07) is 6.27. The maximum absolute atomic E-state index is 5.46. The van der Waals surface area contributed by atoms with Crippen LogP contribution in [0.1, 0.15) is 30.9 Å². The standard InChI is InChI=1S/C19H32N4O/c1-15-7-8-17(18(12-15)24-4)13-22-19(20-3)21-9-11-23-10-5-6-16(2)14-23/h7-8,12,16H,5-6,9-11,13-14H2,1-4H3,(H2,20,21,22). The van der Waals surface area contributed by atoms with Gasteiger partial charge in [0, 0.05) is 38.8 Å². The van der Waals surface area contributed by atoms with Gasteiger partial charge >= 0.3 is 0 Å². The maximum Gasteiger partial charge on any atom is 0.191 e. The Kier molecular flexibility index (Phi) is 7.37. The number of rotatable bonds is 6. The van der Waals surface area contributed by atoms with Gasteiger partial charge in [0.2, 0.25) is 0 Å². The molecular weight excluding hydrogens is 300 g/mol. The molecule has 5 heteroatoms. The fourth-order valence-electron chi connectivity index (χ4n) is 3.22. The van der Waals surface area contributed by atoms with Crippen molar-refractivity contribution in [2.24, 2.45) is 10.9 Å². The Morgan fingerprint density at radius 2 is 2.21 bits per heavy atom. The Morgan fingerprint density at radius 1 is 1.38 bits per heavy atom. The molecule has 1 saturated heterocycles. The minimum atomic E-state index is 0.698. The second-order valence-corrected chi connectivity index (χ2v) is 6.72. The molecule has 0 saturated carbocycles. The SMILES string of the molecule is CN=C(NCCN1CCCC(C)C1)NCc1ccc(C)cc1OC. The van der Waals surface area contributed by atoms with Gasteiger partial charge in [0.1, 0.15) is 5.75 Å². The second-order valence-electron chi connectivity index (χ2n) is 6.72. The fourth-order valence-corrected chi connectivity index (χ4v) is 3.22. The number of methoxy groups -OCH3 is 1. The number of hydrogen-bond donors (Lipinski definition) is 2. The summed E-state index contributed by atoms with van der Waals surface area (Å²) in [6.07, 6.45) is 2.69. The van der Waals surface area contributed by atoms with Crippen LogP contribution in [0.5, 0.6) is 5.75 Å². The number of nitrogens with one attached hydrogen (secondary N) is 2. The zero-order valence-electron chi connectivity index (χ0n) is 15.6. The number of ether oxygens (including phenoxy) is 1. The van der Waals surface area contributed by atoms with Crippen molar-refractivity contribution >= 4 is 5.96 Å². The molecule has 0 aromatic heterocycles. The largest absolute Gasteiger partial charge is 0.496 e. The number of likely N-dealkylation sites (tertiary alicyclic amines) is 1. The lowest BCUT2D eigenvalue weighted by atomic mass is 10.0. The first-order chi connectivity index (χ1) is 11.6. The van der Waals surface area contributed by atoms with Crippen LogP contribution < -0.4 is 15.4 Å². The van der Waals surface area contributed by atoms with E-state index >= 15 is 0 Å². The van der Waals surface area contributed by atoms with Crippen LogP contribution in [0.4, 0.5) is 0 Å². The lowest BCUT2D eigenvalue weighted by Crippen LogP contribution is -2.43. The van der Waals surface area contributed by atoms with Crippen LogP contribution >= 0.6 is 0 Å². The minimum absolute atomic E-state index is 0.698. The van der Waals surface area contributed by atoms with Crippen LogP contribution in [-0.4, -0.2) is 51.2 Å². The Bertz CT molecular complexity index is 544.